The summed E-state index contributed by atoms with van der Waals surface area (Å²) >= 11 is 0. The Morgan fingerprint density at radius 3 is 2.38 bits per heavy atom. The molecule has 1 aromatic carbocycles. The molecule has 1 N–H and O–H groups in total. The Bertz CT molecular complexity index is 517. The number of ether oxygens (including phenoxy) is 1. The number of nitrogens with zero attached hydrogens (tertiary/aromatic N) is 1. The average molecular weight is 332 g/mol. The van der Waals surface area contributed by atoms with Crippen LogP contribution in [-0.2, 0) is 0 Å². The van der Waals surface area contributed by atoms with Crippen molar-refractivity contribution in [3.8, 4) is 5.75 Å². The molecule has 0 aliphatic heterocycles. The highest BCUT2D eigenvalue weighted by molar-refractivity contribution is 5.94. The lowest BCUT2D eigenvalue weighted by atomic mass is 9.96. The highest BCUT2D eigenvalue weighted by Gasteiger charge is 2.36. The molecule has 0 unspecified atom stereocenters. The predicted octanol–water partition coefficient (Wildman–Crippen LogP) is 3.72. The third-order valence-electron chi connectivity index (χ3n) is 5.14. The molecule has 1 aliphatic rings. The molecule has 0 spiro atoms. The summed E-state index contributed by atoms with van der Waals surface area (Å²) in [7, 11) is 4.22. The van der Waals surface area contributed by atoms with Gasteiger partial charge in [-0.25, -0.2) is 0 Å². The second-order valence-electron chi connectivity index (χ2n) is 7.56. The third-order valence-corrected chi connectivity index (χ3v) is 5.14. The number of hydrogen-bond donors (Lipinski definition) is 1. The largest absolute Gasteiger partial charge is 0.494 e. The van der Waals surface area contributed by atoms with Gasteiger partial charge in [-0.05, 0) is 63.5 Å². The number of amides is 1. The Morgan fingerprint density at radius 1 is 1.21 bits per heavy atom. The molecule has 0 atom stereocenters. The van der Waals surface area contributed by atoms with Gasteiger partial charge in [0.2, 0.25) is 0 Å². The first-order valence-corrected chi connectivity index (χ1v) is 9.11. The van der Waals surface area contributed by atoms with E-state index in [0.717, 1.165) is 25.0 Å². The van der Waals surface area contributed by atoms with Gasteiger partial charge in [-0.2, -0.15) is 0 Å². The van der Waals surface area contributed by atoms with Crippen molar-refractivity contribution in [1.82, 2.24) is 10.2 Å². The van der Waals surface area contributed by atoms with Crippen molar-refractivity contribution >= 4 is 5.91 Å². The van der Waals surface area contributed by atoms with Crippen LogP contribution in [0.2, 0.25) is 0 Å². The minimum Gasteiger partial charge on any atom is -0.494 e. The summed E-state index contributed by atoms with van der Waals surface area (Å²) in [6.07, 6.45) is 5.84. The minimum absolute atomic E-state index is 0.00291. The van der Waals surface area contributed by atoms with E-state index in [1.54, 1.807) is 0 Å². The lowest BCUT2D eigenvalue weighted by Crippen LogP contribution is -2.50. The molecule has 1 aromatic rings. The van der Waals surface area contributed by atoms with E-state index in [0.29, 0.717) is 24.6 Å². The fourth-order valence-electron chi connectivity index (χ4n) is 3.28. The molecule has 2 rings (SSSR count). The number of carbonyl (C=O) groups excluding carboxylic acids is 1. The second kappa shape index (κ2) is 8.52. The van der Waals surface area contributed by atoms with Gasteiger partial charge in [0.25, 0.3) is 5.91 Å². The normalized spacial score (nSPS) is 16.6. The lowest BCUT2D eigenvalue weighted by molar-refractivity contribution is 0.0900. The first-order chi connectivity index (χ1) is 11.4. The quantitative estimate of drug-likeness (QED) is 0.789. The van der Waals surface area contributed by atoms with E-state index < -0.39 is 0 Å². The molecule has 0 saturated heterocycles. The zero-order valence-corrected chi connectivity index (χ0v) is 15.6. The van der Waals surface area contributed by atoms with E-state index >= 15 is 0 Å². The van der Waals surface area contributed by atoms with E-state index in [1.807, 2.05) is 24.3 Å². The maximum absolute atomic E-state index is 12.4. The molecular formula is C20H32N2O2. The van der Waals surface area contributed by atoms with Gasteiger partial charge in [0.1, 0.15) is 5.75 Å². The van der Waals surface area contributed by atoms with Gasteiger partial charge in [0.05, 0.1) is 6.61 Å². The van der Waals surface area contributed by atoms with Crippen molar-refractivity contribution in [3.05, 3.63) is 29.8 Å². The molecule has 4 heteroatoms. The van der Waals surface area contributed by atoms with Crippen LogP contribution in [0.25, 0.3) is 0 Å². The maximum atomic E-state index is 12.4. The Balaban J connectivity index is 1.86. The van der Waals surface area contributed by atoms with Crippen LogP contribution < -0.4 is 10.1 Å². The Morgan fingerprint density at radius 2 is 1.83 bits per heavy atom. The van der Waals surface area contributed by atoms with Gasteiger partial charge in [0.15, 0.2) is 0 Å². The van der Waals surface area contributed by atoms with E-state index in [9.17, 15) is 4.79 Å². The summed E-state index contributed by atoms with van der Waals surface area (Å²) in [5.74, 6) is 1.46. The smallest absolute Gasteiger partial charge is 0.251 e. The van der Waals surface area contributed by atoms with Crippen molar-refractivity contribution in [2.75, 3.05) is 27.2 Å². The predicted molar refractivity (Wildman–Crippen MR) is 98.6 cm³/mol. The van der Waals surface area contributed by atoms with Crippen LogP contribution in [0.4, 0.5) is 0 Å². The first-order valence-electron chi connectivity index (χ1n) is 9.11. The van der Waals surface area contributed by atoms with Crippen molar-refractivity contribution in [2.45, 2.75) is 51.5 Å². The minimum atomic E-state index is -0.00291. The van der Waals surface area contributed by atoms with E-state index in [1.165, 1.54) is 12.8 Å². The lowest BCUT2D eigenvalue weighted by Gasteiger charge is -2.36. The summed E-state index contributed by atoms with van der Waals surface area (Å²) in [5, 5.41) is 3.12. The van der Waals surface area contributed by atoms with E-state index in [4.69, 9.17) is 4.74 Å². The number of carbonyl (C=O) groups is 1. The van der Waals surface area contributed by atoms with Crippen molar-refractivity contribution in [2.24, 2.45) is 5.92 Å². The Kier molecular flexibility index (Phi) is 6.67. The van der Waals surface area contributed by atoms with Gasteiger partial charge >= 0.3 is 0 Å². The second-order valence-corrected chi connectivity index (χ2v) is 7.56. The summed E-state index contributed by atoms with van der Waals surface area (Å²) in [4.78, 5) is 14.7. The highest BCUT2D eigenvalue weighted by atomic mass is 16.5. The number of benzene rings is 1. The van der Waals surface area contributed by atoms with E-state index in [2.05, 4.69) is 38.2 Å². The van der Waals surface area contributed by atoms with Gasteiger partial charge < -0.3 is 15.0 Å². The Hall–Kier alpha value is -1.55. The molecule has 134 valence electrons. The summed E-state index contributed by atoms with van der Waals surface area (Å²) in [6.45, 7) is 5.79. The van der Waals surface area contributed by atoms with Crippen LogP contribution in [0.15, 0.2) is 24.3 Å². The topological polar surface area (TPSA) is 41.6 Å². The van der Waals surface area contributed by atoms with Gasteiger partial charge in [-0.15, -0.1) is 0 Å². The standard InChI is InChI=1S/C20H32N2O2/c1-16(2)11-14-24-18-9-7-17(8-10-18)19(23)21-15-20(22(3)4)12-5-6-13-20/h7-10,16H,5-6,11-15H2,1-4H3,(H,21,23). The van der Waals surface area contributed by atoms with Crippen LogP contribution in [0, 0.1) is 5.92 Å². The summed E-state index contributed by atoms with van der Waals surface area (Å²) < 4.78 is 5.70. The molecule has 0 radical (unpaired) electrons. The highest BCUT2D eigenvalue weighted by Crippen LogP contribution is 2.33. The van der Waals surface area contributed by atoms with Crippen LogP contribution in [0.1, 0.15) is 56.3 Å². The molecule has 24 heavy (non-hydrogen) atoms. The monoisotopic (exact) mass is 332 g/mol. The van der Waals surface area contributed by atoms with Crippen LogP contribution in [-0.4, -0.2) is 43.6 Å². The van der Waals surface area contributed by atoms with Gasteiger partial charge in [0, 0.05) is 17.6 Å². The first kappa shape index (κ1) is 18.8. The molecule has 1 fully saturated rings. The summed E-state index contributed by atoms with van der Waals surface area (Å²) in [5.41, 5.74) is 0.813. The van der Waals surface area contributed by atoms with Gasteiger partial charge in [-0.1, -0.05) is 26.7 Å². The Labute approximate surface area is 146 Å². The fourth-order valence-corrected chi connectivity index (χ4v) is 3.28. The SMILES string of the molecule is CC(C)CCOc1ccc(C(=O)NCC2(N(C)C)CCCC2)cc1. The number of nitrogens with one attached hydrogen (secondary N) is 1. The van der Waals surface area contributed by atoms with E-state index in [-0.39, 0.29) is 11.4 Å². The molecule has 0 heterocycles. The molecular weight excluding hydrogens is 300 g/mol. The number of hydrogen-bond acceptors (Lipinski definition) is 3. The van der Waals surface area contributed by atoms with Crippen LogP contribution in [0.5, 0.6) is 5.75 Å². The molecule has 1 saturated carbocycles. The molecule has 1 amide bonds. The molecule has 0 bridgehead atoms. The average Bonchev–Trinajstić information content (AvgIpc) is 3.03. The van der Waals surface area contributed by atoms with Crippen LogP contribution in [0.3, 0.4) is 0 Å². The zero-order chi connectivity index (χ0) is 17.6. The van der Waals surface area contributed by atoms with Crippen molar-refractivity contribution in [1.29, 1.82) is 0 Å². The fraction of sp³-hybridized carbons (Fsp3) is 0.650. The number of likely N-dealkylation sites (N-methyl/N-ethyl adjacent to an activating group) is 1. The molecule has 1 aliphatic carbocycles. The zero-order valence-electron chi connectivity index (χ0n) is 15.6. The molecule has 4 nitrogen and oxygen atoms in total. The number of rotatable bonds is 8. The van der Waals surface area contributed by atoms with Crippen LogP contribution >= 0.6 is 0 Å². The maximum Gasteiger partial charge on any atom is 0.251 e. The van der Waals surface area contributed by atoms with Crippen molar-refractivity contribution < 1.29 is 9.53 Å². The van der Waals surface area contributed by atoms with Gasteiger partial charge in [-0.3, -0.25) is 4.79 Å². The van der Waals surface area contributed by atoms with Crippen molar-refractivity contribution in [3.63, 3.8) is 0 Å². The molecule has 0 aromatic heterocycles. The third kappa shape index (κ3) is 4.97. The summed E-state index contributed by atoms with van der Waals surface area (Å²) in [6, 6.07) is 7.45.